The molecule has 5 heteroatoms. The highest BCUT2D eigenvalue weighted by atomic mass is 35.5. The lowest BCUT2D eigenvalue weighted by atomic mass is 10.1. The van der Waals surface area contributed by atoms with Gasteiger partial charge in [0.05, 0.1) is 0 Å². The highest BCUT2D eigenvalue weighted by Gasteiger charge is 2.12. The third-order valence-electron chi connectivity index (χ3n) is 3.11. The summed E-state index contributed by atoms with van der Waals surface area (Å²) in [4.78, 5) is 12.8. The highest BCUT2D eigenvalue weighted by Crippen LogP contribution is 2.23. The summed E-state index contributed by atoms with van der Waals surface area (Å²) >= 11 is 12.1. The molecule has 0 saturated carbocycles. The smallest absolute Gasteiger partial charge is 0.323 e. The lowest BCUT2D eigenvalue weighted by molar-refractivity contribution is -0.135. The minimum absolute atomic E-state index is 0.105. The van der Waals surface area contributed by atoms with Gasteiger partial charge in [-0.2, -0.15) is 0 Å². The summed E-state index contributed by atoms with van der Waals surface area (Å²) in [6.45, 7) is 2.27. The van der Waals surface area contributed by atoms with Crippen LogP contribution in [0, 0.1) is 6.92 Å². The standard InChI is InChI=1S/C16H15Cl2NO2/c1-11-5-6-12(7-15(11)18)9-19(10-16(20)21)14-4-2-3-13(17)8-14/h2-8H,9-10H2,1H3,(H,20,21). The molecule has 0 aliphatic carbocycles. The highest BCUT2D eigenvalue weighted by molar-refractivity contribution is 6.31. The van der Waals surface area contributed by atoms with Gasteiger partial charge in [-0.25, -0.2) is 0 Å². The number of carbonyl (C=O) groups is 1. The molecule has 2 aromatic rings. The molecular weight excluding hydrogens is 309 g/mol. The minimum Gasteiger partial charge on any atom is -0.480 e. The predicted octanol–water partition coefficient (Wildman–Crippen LogP) is 4.39. The van der Waals surface area contributed by atoms with E-state index in [2.05, 4.69) is 0 Å². The zero-order chi connectivity index (χ0) is 15.4. The van der Waals surface area contributed by atoms with Crippen molar-refractivity contribution in [2.24, 2.45) is 0 Å². The molecule has 21 heavy (non-hydrogen) atoms. The average Bonchev–Trinajstić information content (AvgIpc) is 2.42. The number of aryl methyl sites for hydroxylation is 1. The Kier molecular flexibility index (Phi) is 5.10. The van der Waals surface area contributed by atoms with Crippen LogP contribution in [0.2, 0.25) is 10.0 Å². The molecule has 0 unspecified atom stereocenters. The van der Waals surface area contributed by atoms with Crippen molar-refractivity contribution >= 4 is 34.9 Å². The van der Waals surface area contributed by atoms with Crippen molar-refractivity contribution in [3.63, 3.8) is 0 Å². The zero-order valence-corrected chi connectivity index (χ0v) is 13.0. The fraction of sp³-hybridized carbons (Fsp3) is 0.188. The van der Waals surface area contributed by atoms with E-state index in [0.717, 1.165) is 16.8 Å². The minimum atomic E-state index is -0.895. The summed E-state index contributed by atoms with van der Waals surface area (Å²) in [5, 5.41) is 10.3. The second-order valence-electron chi connectivity index (χ2n) is 4.81. The van der Waals surface area contributed by atoms with Gasteiger partial charge in [0.25, 0.3) is 0 Å². The fourth-order valence-corrected chi connectivity index (χ4v) is 2.42. The summed E-state index contributed by atoms with van der Waals surface area (Å²) in [5.41, 5.74) is 2.71. The van der Waals surface area contributed by atoms with Gasteiger partial charge in [0, 0.05) is 22.3 Å². The summed E-state index contributed by atoms with van der Waals surface area (Å²) in [5.74, 6) is -0.895. The number of anilines is 1. The average molecular weight is 324 g/mol. The lowest BCUT2D eigenvalue weighted by Gasteiger charge is -2.23. The van der Waals surface area contributed by atoms with Crippen LogP contribution in [0.4, 0.5) is 5.69 Å². The number of rotatable bonds is 5. The summed E-state index contributed by atoms with van der Waals surface area (Å²) in [6.07, 6.45) is 0. The van der Waals surface area contributed by atoms with Gasteiger partial charge >= 0.3 is 5.97 Å². The summed E-state index contributed by atoms with van der Waals surface area (Å²) < 4.78 is 0. The number of carboxylic acid groups (broad SMARTS) is 1. The van der Waals surface area contributed by atoms with Gasteiger partial charge in [-0.3, -0.25) is 4.79 Å². The van der Waals surface area contributed by atoms with Crippen LogP contribution in [0.1, 0.15) is 11.1 Å². The van der Waals surface area contributed by atoms with Crippen molar-refractivity contribution in [2.45, 2.75) is 13.5 Å². The molecule has 0 amide bonds. The molecule has 0 fully saturated rings. The molecule has 0 radical (unpaired) electrons. The molecule has 1 N–H and O–H groups in total. The van der Waals surface area contributed by atoms with E-state index in [4.69, 9.17) is 28.3 Å². The Morgan fingerprint density at radius 2 is 1.95 bits per heavy atom. The van der Waals surface area contributed by atoms with Crippen LogP contribution in [0.5, 0.6) is 0 Å². The first kappa shape index (κ1) is 15.7. The molecule has 0 aliphatic rings. The van der Waals surface area contributed by atoms with Crippen molar-refractivity contribution in [3.8, 4) is 0 Å². The van der Waals surface area contributed by atoms with Crippen molar-refractivity contribution in [2.75, 3.05) is 11.4 Å². The second-order valence-corrected chi connectivity index (χ2v) is 5.66. The molecule has 110 valence electrons. The van der Waals surface area contributed by atoms with E-state index >= 15 is 0 Å². The van der Waals surface area contributed by atoms with Crippen molar-refractivity contribution in [1.82, 2.24) is 0 Å². The Hall–Kier alpha value is -1.71. The summed E-state index contributed by atoms with van der Waals surface area (Å²) in [6, 6.07) is 12.9. The number of hydrogen-bond acceptors (Lipinski definition) is 2. The molecule has 0 aliphatic heterocycles. The van der Waals surface area contributed by atoms with Gasteiger partial charge in [-0.1, -0.05) is 41.4 Å². The van der Waals surface area contributed by atoms with E-state index < -0.39 is 5.97 Å². The molecule has 0 heterocycles. The third kappa shape index (κ3) is 4.38. The Balaban J connectivity index is 2.27. The number of halogens is 2. The number of carboxylic acids is 1. The zero-order valence-electron chi connectivity index (χ0n) is 11.5. The fourth-order valence-electron chi connectivity index (χ4n) is 2.03. The number of hydrogen-bond donors (Lipinski definition) is 1. The predicted molar refractivity (Wildman–Crippen MR) is 86.3 cm³/mol. The largest absolute Gasteiger partial charge is 0.480 e. The van der Waals surface area contributed by atoms with Gasteiger partial charge in [-0.15, -0.1) is 0 Å². The van der Waals surface area contributed by atoms with Gasteiger partial charge in [-0.05, 0) is 42.3 Å². The normalized spacial score (nSPS) is 10.4. The van der Waals surface area contributed by atoms with E-state index in [0.29, 0.717) is 16.6 Å². The quantitative estimate of drug-likeness (QED) is 0.886. The number of nitrogens with zero attached hydrogens (tertiary/aromatic N) is 1. The van der Waals surface area contributed by atoms with E-state index in [-0.39, 0.29) is 6.54 Å². The lowest BCUT2D eigenvalue weighted by Crippen LogP contribution is -2.29. The van der Waals surface area contributed by atoms with Crippen molar-refractivity contribution < 1.29 is 9.90 Å². The van der Waals surface area contributed by atoms with E-state index in [1.165, 1.54) is 0 Å². The maximum absolute atomic E-state index is 11.1. The molecule has 2 aromatic carbocycles. The van der Waals surface area contributed by atoms with Crippen LogP contribution in [-0.4, -0.2) is 17.6 Å². The van der Waals surface area contributed by atoms with E-state index in [1.807, 2.05) is 31.2 Å². The van der Waals surface area contributed by atoms with Crippen LogP contribution in [0.25, 0.3) is 0 Å². The van der Waals surface area contributed by atoms with Crippen molar-refractivity contribution in [3.05, 3.63) is 63.6 Å². The van der Waals surface area contributed by atoms with Crippen LogP contribution in [-0.2, 0) is 11.3 Å². The monoisotopic (exact) mass is 323 g/mol. The second kappa shape index (κ2) is 6.83. The van der Waals surface area contributed by atoms with Gasteiger partial charge in [0.1, 0.15) is 6.54 Å². The summed E-state index contributed by atoms with van der Waals surface area (Å²) in [7, 11) is 0. The molecule has 0 atom stereocenters. The first-order valence-electron chi connectivity index (χ1n) is 6.43. The molecule has 0 saturated heterocycles. The van der Waals surface area contributed by atoms with E-state index in [9.17, 15) is 4.79 Å². The third-order valence-corrected chi connectivity index (χ3v) is 3.75. The Labute approximate surface area is 133 Å². The van der Waals surface area contributed by atoms with Crippen LogP contribution < -0.4 is 4.90 Å². The molecule has 0 bridgehead atoms. The number of aliphatic carboxylic acids is 1. The molecule has 0 spiro atoms. The number of benzene rings is 2. The van der Waals surface area contributed by atoms with Crippen LogP contribution >= 0.6 is 23.2 Å². The molecular formula is C16H15Cl2NO2. The first-order valence-corrected chi connectivity index (χ1v) is 7.18. The molecule has 2 rings (SSSR count). The SMILES string of the molecule is Cc1ccc(CN(CC(=O)O)c2cccc(Cl)c2)cc1Cl. The maximum atomic E-state index is 11.1. The Morgan fingerprint density at radius 3 is 2.57 bits per heavy atom. The van der Waals surface area contributed by atoms with Crippen LogP contribution in [0.15, 0.2) is 42.5 Å². The Morgan fingerprint density at radius 1 is 1.19 bits per heavy atom. The van der Waals surface area contributed by atoms with Gasteiger partial charge in [0.15, 0.2) is 0 Å². The van der Waals surface area contributed by atoms with Gasteiger partial charge < -0.3 is 10.0 Å². The molecule has 0 aromatic heterocycles. The van der Waals surface area contributed by atoms with Crippen LogP contribution in [0.3, 0.4) is 0 Å². The first-order chi connectivity index (χ1) is 9.95. The van der Waals surface area contributed by atoms with Crippen molar-refractivity contribution in [1.29, 1.82) is 0 Å². The van der Waals surface area contributed by atoms with E-state index in [1.54, 1.807) is 23.1 Å². The van der Waals surface area contributed by atoms with Gasteiger partial charge in [0.2, 0.25) is 0 Å². The topological polar surface area (TPSA) is 40.5 Å². The maximum Gasteiger partial charge on any atom is 0.323 e. The Bertz CT molecular complexity index is 658. The molecule has 3 nitrogen and oxygen atoms in total.